The molecule has 1 aliphatic carbocycles. The molecular weight excluding hydrogens is 316 g/mol. The monoisotopic (exact) mass is 346 g/mol. The molecule has 0 spiro atoms. The first-order valence-corrected chi connectivity index (χ1v) is 10.2. The van der Waals surface area contributed by atoms with Crippen LogP contribution in [0, 0.1) is 23.2 Å². The minimum atomic E-state index is -0.221. The van der Waals surface area contributed by atoms with Gasteiger partial charge in [0.25, 0.3) is 0 Å². The van der Waals surface area contributed by atoms with Gasteiger partial charge in [-0.15, -0.1) is 11.8 Å². The van der Waals surface area contributed by atoms with Gasteiger partial charge in [-0.1, -0.05) is 39.0 Å². The van der Waals surface area contributed by atoms with Gasteiger partial charge in [-0.05, 0) is 56.1 Å². The summed E-state index contributed by atoms with van der Waals surface area (Å²) in [5.74, 6) is 2.35. The quantitative estimate of drug-likeness (QED) is 0.527. The number of rotatable bonds is 4. The molecule has 3 heteroatoms. The third-order valence-electron chi connectivity index (χ3n) is 5.60. The first kappa shape index (κ1) is 17.8. The second kappa shape index (κ2) is 6.74. The van der Waals surface area contributed by atoms with Gasteiger partial charge in [0.1, 0.15) is 5.60 Å². The third-order valence-corrected chi connectivity index (χ3v) is 6.85. The van der Waals surface area contributed by atoms with Crippen molar-refractivity contribution in [3.8, 4) is 0 Å². The highest BCUT2D eigenvalue weighted by atomic mass is 32.2. The lowest BCUT2D eigenvalue weighted by molar-refractivity contribution is -0.151. The van der Waals surface area contributed by atoms with Crippen molar-refractivity contribution < 1.29 is 9.53 Å². The highest BCUT2D eigenvalue weighted by Gasteiger charge is 2.55. The molecule has 4 atom stereocenters. The second-order valence-corrected chi connectivity index (χ2v) is 10.1. The van der Waals surface area contributed by atoms with E-state index in [1.165, 1.54) is 11.3 Å². The molecule has 0 aromatic heterocycles. The molecule has 0 unspecified atom stereocenters. The van der Waals surface area contributed by atoms with Crippen LogP contribution in [0.15, 0.2) is 35.2 Å². The minimum absolute atomic E-state index is 0.0498. The predicted octanol–water partition coefficient (Wildman–Crippen LogP) is 5.56. The average Bonchev–Trinajstić information content (AvgIpc) is 2.75. The van der Waals surface area contributed by atoms with Crippen molar-refractivity contribution in [2.75, 3.05) is 5.75 Å². The van der Waals surface area contributed by atoms with Crippen LogP contribution in [-0.2, 0) is 9.53 Å². The van der Waals surface area contributed by atoms with Crippen LogP contribution < -0.4 is 0 Å². The Bertz CT molecular complexity index is 577. The number of hydrogen-bond acceptors (Lipinski definition) is 3. The fourth-order valence-corrected chi connectivity index (χ4v) is 5.44. The van der Waals surface area contributed by atoms with Crippen molar-refractivity contribution in [2.24, 2.45) is 23.2 Å². The van der Waals surface area contributed by atoms with E-state index in [-0.39, 0.29) is 22.9 Å². The Morgan fingerprint density at radius 1 is 1.25 bits per heavy atom. The van der Waals surface area contributed by atoms with Crippen molar-refractivity contribution >= 4 is 17.7 Å². The minimum Gasteiger partial charge on any atom is -0.459 e. The van der Waals surface area contributed by atoms with Gasteiger partial charge < -0.3 is 4.74 Å². The molecule has 0 amide bonds. The van der Waals surface area contributed by atoms with Crippen LogP contribution in [0.1, 0.15) is 53.4 Å². The fourth-order valence-electron chi connectivity index (χ4n) is 4.36. The standard InChI is InChI=1S/C21H30O2S/c1-20(2,3)13-17-18-12-15(10-11-21(18,4)23-19(17)22)14-24-16-8-6-5-7-9-16/h5-9,15,17-18H,10-14H2,1-4H3/t15-,17+,18+,21-/m1/s1. The molecule has 0 radical (unpaired) electrons. The van der Waals surface area contributed by atoms with Gasteiger partial charge in [0.15, 0.2) is 0 Å². The normalized spacial score (nSPS) is 33.2. The molecule has 0 bridgehead atoms. The van der Waals surface area contributed by atoms with Crippen LogP contribution in [0.3, 0.4) is 0 Å². The van der Waals surface area contributed by atoms with Gasteiger partial charge in [0, 0.05) is 16.6 Å². The number of carbonyl (C=O) groups excluding carboxylic acids is 1. The number of hydrogen-bond donors (Lipinski definition) is 0. The highest BCUT2D eigenvalue weighted by molar-refractivity contribution is 7.99. The van der Waals surface area contributed by atoms with E-state index in [4.69, 9.17) is 4.74 Å². The molecule has 132 valence electrons. The smallest absolute Gasteiger partial charge is 0.309 e. The van der Waals surface area contributed by atoms with Gasteiger partial charge in [0.2, 0.25) is 0 Å². The second-order valence-electron chi connectivity index (χ2n) is 8.98. The Balaban J connectivity index is 1.65. The molecule has 2 aliphatic rings. The summed E-state index contributed by atoms with van der Waals surface area (Å²) >= 11 is 1.95. The Morgan fingerprint density at radius 3 is 2.62 bits per heavy atom. The summed E-state index contributed by atoms with van der Waals surface area (Å²) < 4.78 is 5.88. The number of benzene rings is 1. The highest BCUT2D eigenvalue weighted by Crippen LogP contribution is 2.51. The zero-order valence-electron chi connectivity index (χ0n) is 15.4. The van der Waals surface area contributed by atoms with E-state index in [2.05, 4.69) is 58.0 Å². The molecule has 3 rings (SSSR count). The zero-order valence-corrected chi connectivity index (χ0v) is 16.2. The maximum atomic E-state index is 12.5. The molecule has 24 heavy (non-hydrogen) atoms. The van der Waals surface area contributed by atoms with E-state index < -0.39 is 0 Å². The molecule has 2 fully saturated rings. The average molecular weight is 347 g/mol. The zero-order chi connectivity index (χ0) is 17.4. The van der Waals surface area contributed by atoms with Gasteiger partial charge in [-0.25, -0.2) is 0 Å². The Morgan fingerprint density at radius 2 is 1.96 bits per heavy atom. The number of fused-ring (bicyclic) bond motifs is 1. The molecule has 0 N–H and O–H groups in total. The summed E-state index contributed by atoms with van der Waals surface area (Å²) in [6.45, 7) is 8.84. The van der Waals surface area contributed by atoms with Crippen LogP contribution in [0.5, 0.6) is 0 Å². The number of esters is 1. The summed E-state index contributed by atoms with van der Waals surface area (Å²) in [7, 11) is 0. The maximum Gasteiger partial charge on any atom is 0.309 e. The Labute approximate surface area is 150 Å². The maximum absolute atomic E-state index is 12.5. The largest absolute Gasteiger partial charge is 0.459 e. The van der Waals surface area contributed by atoms with E-state index in [0.717, 1.165) is 25.0 Å². The van der Waals surface area contributed by atoms with E-state index >= 15 is 0 Å². The van der Waals surface area contributed by atoms with Crippen molar-refractivity contribution in [1.82, 2.24) is 0 Å². The van der Waals surface area contributed by atoms with Crippen LogP contribution >= 0.6 is 11.8 Å². The van der Waals surface area contributed by atoms with Gasteiger partial charge in [-0.2, -0.15) is 0 Å². The first-order valence-electron chi connectivity index (χ1n) is 9.17. The lowest BCUT2D eigenvalue weighted by atomic mass is 9.66. The molecule has 1 aromatic rings. The first-order chi connectivity index (χ1) is 11.3. The Hall–Kier alpha value is -0.960. The SMILES string of the molecule is CC(C)(C)C[C@@H]1C(=O)O[C@]2(C)CC[C@@H](CSc3ccccc3)C[C@@H]12. The lowest BCUT2D eigenvalue weighted by Gasteiger charge is -2.40. The molecule has 1 aromatic carbocycles. The predicted molar refractivity (Wildman–Crippen MR) is 100 cm³/mol. The number of thioether (sulfide) groups is 1. The number of carbonyl (C=O) groups is 1. The molecule has 1 saturated heterocycles. The fraction of sp³-hybridized carbons (Fsp3) is 0.667. The summed E-state index contributed by atoms with van der Waals surface area (Å²) in [5, 5.41) is 0. The van der Waals surface area contributed by atoms with Crippen LogP contribution in [0.2, 0.25) is 0 Å². The molecule has 1 aliphatic heterocycles. The summed E-state index contributed by atoms with van der Waals surface area (Å²) in [6, 6.07) is 10.6. The summed E-state index contributed by atoms with van der Waals surface area (Å²) in [4.78, 5) is 13.8. The number of ether oxygens (including phenoxy) is 1. The van der Waals surface area contributed by atoms with Crippen molar-refractivity contribution in [3.63, 3.8) is 0 Å². The summed E-state index contributed by atoms with van der Waals surface area (Å²) in [6.07, 6.45) is 4.25. The van der Waals surface area contributed by atoms with Crippen LogP contribution in [-0.4, -0.2) is 17.3 Å². The molecular formula is C21H30O2S. The van der Waals surface area contributed by atoms with Crippen molar-refractivity contribution in [3.05, 3.63) is 30.3 Å². The topological polar surface area (TPSA) is 26.3 Å². The van der Waals surface area contributed by atoms with Crippen LogP contribution in [0.25, 0.3) is 0 Å². The Kier molecular flexibility index (Phi) is 5.01. The third kappa shape index (κ3) is 3.99. The van der Waals surface area contributed by atoms with E-state index in [0.29, 0.717) is 11.8 Å². The van der Waals surface area contributed by atoms with E-state index in [1.807, 2.05) is 11.8 Å². The van der Waals surface area contributed by atoms with Gasteiger partial charge in [-0.3, -0.25) is 4.79 Å². The van der Waals surface area contributed by atoms with Crippen molar-refractivity contribution in [1.29, 1.82) is 0 Å². The van der Waals surface area contributed by atoms with Gasteiger partial charge in [0.05, 0.1) is 5.92 Å². The van der Waals surface area contributed by atoms with E-state index in [9.17, 15) is 4.79 Å². The molecule has 1 heterocycles. The van der Waals surface area contributed by atoms with Crippen molar-refractivity contribution in [2.45, 2.75) is 63.9 Å². The lowest BCUT2D eigenvalue weighted by Crippen LogP contribution is -2.40. The molecule has 2 nitrogen and oxygen atoms in total. The summed E-state index contributed by atoms with van der Waals surface area (Å²) in [5.41, 5.74) is -0.0540. The van der Waals surface area contributed by atoms with Crippen LogP contribution in [0.4, 0.5) is 0 Å². The molecule has 1 saturated carbocycles. The van der Waals surface area contributed by atoms with E-state index in [1.54, 1.807) is 0 Å². The van der Waals surface area contributed by atoms with Gasteiger partial charge >= 0.3 is 5.97 Å².